The predicted molar refractivity (Wildman–Crippen MR) is 152 cm³/mol. The van der Waals surface area contributed by atoms with Crippen LogP contribution in [0.15, 0.2) is 72.8 Å². The minimum absolute atomic E-state index is 0.111. The van der Waals surface area contributed by atoms with Crippen molar-refractivity contribution in [2.45, 2.75) is 58.2 Å². The third-order valence-electron chi connectivity index (χ3n) is 6.11. The molecule has 0 fully saturated rings. The third kappa shape index (κ3) is 8.52. The van der Waals surface area contributed by atoms with Crippen molar-refractivity contribution in [2.24, 2.45) is 0 Å². The number of nitrogens with one attached hydrogen (secondary N) is 1. The quantitative estimate of drug-likeness (QED) is 0.334. The lowest BCUT2D eigenvalue weighted by atomic mass is 9.99. The lowest BCUT2D eigenvalue weighted by molar-refractivity contribution is -0.141. The van der Waals surface area contributed by atoms with Crippen molar-refractivity contribution in [2.75, 3.05) is 14.2 Å². The number of rotatable bonds is 11. The standard InChI is InChI=1S/C31H37ClN2O4/c1-31(2,3)33-30(36)26(19-22-9-7-6-8-10-22)34(21-24-11-15-25(32)16-12-24)29(35)18-14-23-13-17-27(37-4)28(20-23)38-5/h6-13,15-17,20,26H,14,18-19,21H2,1-5H3,(H,33,36)/t26-/m1/s1. The molecule has 6 nitrogen and oxygen atoms in total. The number of hydrogen-bond acceptors (Lipinski definition) is 4. The summed E-state index contributed by atoms with van der Waals surface area (Å²) in [4.78, 5) is 29.1. The molecule has 0 saturated heterocycles. The average molecular weight is 537 g/mol. The van der Waals surface area contributed by atoms with Gasteiger partial charge in [-0.05, 0) is 68.1 Å². The second-order valence-corrected chi connectivity index (χ2v) is 10.7. The molecular formula is C31H37ClN2O4. The number of carbonyl (C=O) groups excluding carboxylic acids is 2. The number of benzene rings is 3. The van der Waals surface area contributed by atoms with Gasteiger partial charge in [-0.2, -0.15) is 0 Å². The molecule has 0 radical (unpaired) electrons. The van der Waals surface area contributed by atoms with Crippen molar-refractivity contribution >= 4 is 23.4 Å². The van der Waals surface area contributed by atoms with Gasteiger partial charge in [-0.25, -0.2) is 0 Å². The molecule has 202 valence electrons. The lowest BCUT2D eigenvalue weighted by Crippen LogP contribution is -2.54. The number of aryl methyl sites for hydroxylation is 1. The Hall–Kier alpha value is -3.51. The van der Waals surface area contributed by atoms with E-state index in [9.17, 15) is 9.59 Å². The highest BCUT2D eigenvalue weighted by molar-refractivity contribution is 6.30. The highest BCUT2D eigenvalue weighted by Crippen LogP contribution is 2.28. The molecule has 0 unspecified atom stereocenters. The van der Waals surface area contributed by atoms with Gasteiger partial charge in [0.15, 0.2) is 11.5 Å². The van der Waals surface area contributed by atoms with Gasteiger partial charge in [0, 0.05) is 29.9 Å². The fourth-order valence-electron chi connectivity index (χ4n) is 4.22. The summed E-state index contributed by atoms with van der Waals surface area (Å²) in [6.45, 7) is 6.10. The van der Waals surface area contributed by atoms with Crippen LogP contribution >= 0.6 is 11.6 Å². The number of amides is 2. The largest absolute Gasteiger partial charge is 0.493 e. The first-order chi connectivity index (χ1) is 18.1. The van der Waals surface area contributed by atoms with Crippen LogP contribution < -0.4 is 14.8 Å². The molecule has 0 spiro atoms. The molecule has 0 aliphatic carbocycles. The SMILES string of the molecule is COc1ccc(CCC(=O)N(Cc2ccc(Cl)cc2)[C@H](Cc2ccccc2)C(=O)NC(C)(C)C)cc1OC. The summed E-state index contributed by atoms with van der Waals surface area (Å²) < 4.78 is 10.7. The van der Waals surface area contributed by atoms with Gasteiger partial charge >= 0.3 is 0 Å². The van der Waals surface area contributed by atoms with Crippen molar-refractivity contribution in [1.29, 1.82) is 0 Å². The first-order valence-corrected chi connectivity index (χ1v) is 13.1. The van der Waals surface area contributed by atoms with Crippen LogP contribution in [0.1, 0.15) is 43.9 Å². The molecule has 3 aromatic rings. The Labute approximate surface area is 230 Å². The molecule has 2 amide bonds. The molecule has 0 bridgehead atoms. The van der Waals surface area contributed by atoms with Crippen LogP contribution in [-0.4, -0.2) is 42.5 Å². The van der Waals surface area contributed by atoms with Crippen molar-refractivity contribution in [3.63, 3.8) is 0 Å². The zero-order valence-electron chi connectivity index (χ0n) is 22.8. The van der Waals surface area contributed by atoms with Crippen LogP contribution in [0.5, 0.6) is 11.5 Å². The highest BCUT2D eigenvalue weighted by atomic mass is 35.5. The summed E-state index contributed by atoms with van der Waals surface area (Å²) in [5, 5.41) is 3.70. The Balaban J connectivity index is 1.92. The molecule has 0 heterocycles. The zero-order valence-corrected chi connectivity index (χ0v) is 23.5. The normalized spacial score (nSPS) is 11.9. The Kier molecular flexibility index (Phi) is 10.2. The van der Waals surface area contributed by atoms with E-state index < -0.39 is 11.6 Å². The molecule has 0 aromatic heterocycles. The summed E-state index contributed by atoms with van der Waals surface area (Å²) in [6, 6.07) is 22.1. The van der Waals surface area contributed by atoms with Gasteiger partial charge in [0.05, 0.1) is 14.2 Å². The predicted octanol–water partition coefficient (Wildman–Crippen LogP) is 5.84. The van der Waals surface area contributed by atoms with Gasteiger partial charge in [0.1, 0.15) is 6.04 Å². The monoisotopic (exact) mass is 536 g/mol. The molecule has 7 heteroatoms. The van der Waals surface area contributed by atoms with Crippen molar-refractivity contribution < 1.29 is 19.1 Å². The van der Waals surface area contributed by atoms with Crippen LogP contribution in [0.2, 0.25) is 5.02 Å². The maximum atomic E-state index is 13.8. The van der Waals surface area contributed by atoms with Gasteiger partial charge < -0.3 is 19.7 Å². The highest BCUT2D eigenvalue weighted by Gasteiger charge is 2.32. The second kappa shape index (κ2) is 13.3. The van der Waals surface area contributed by atoms with E-state index in [-0.39, 0.29) is 24.8 Å². The molecule has 1 N–H and O–H groups in total. The number of hydrogen-bond donors (Lipinski definition) is 1. The number of halogens is 1. The zero-order chi connectivity index (χ0) is 27.7. The fraction of sp³-hybridized carbons (Fsp3) is 0.355. The fourth-order valence-corrected chi connectivity index (χ4v) is 4.35. The Bertz CT molecular complexity index is 1210. The van der Waals surface area contributed by atoms with E-state index in [2.05, 4.69) is 5.32 Å². The summed E-state index contributed by atoms with van der Waals surface area (Å²) in [5.74, 6) is 0.949. The lowest BCUT2D eigenvalue weighted by Gasteiger charge is -2.34. The second-order valence-electron chi connectivity index (χ2n) is 10.3. The summed E-state index contributed by atoms with van der Waals surface area (Å²) in [6.07, 6.45) is 1.13. The molecule has 38 heavy (non-hydrogen) atoms. The third-order valence-corrected chi connectivity index (χ3v) is 6.36. The molecule has 1 atom stereocenters. The molecule has 3 aromatic carbocycles. The number of carbonyl (C=O) groups is 2. The van der Waals surface area contributed by atoms with Crippen LogP contribution in [0.3, 0.4) is 0 Å². The number of methoxy groups -OCH3 is 2. The Morgan fingerprint density at radius 3 is 2.11 bits per heavy atom. The van der Waals surface area contributed by atoms with E-state index in [1.165, 1.54) is 0 Å². The smallest absolute Gasteiger partial charge is 0.243 e. The summed E-state index contributed by atoms with van der Waals surface area (Å²) in [5.41, 5.74) is 2.38. The van der Waals surface area contributed by atoms with E-state index in [1.807, 2.05) is 81.4 Å². The van der Waals surface area contributed by atoms with E-state index in [0.717, 1.165) is 16.7 Å². The molecule has 0 aliphatic rings. The van der Waals surface area contributed by atoms with Crippen LogP contribution in [-0.2, 0) is 29.0 Å². The number of ether oxygens (including phenoxy) is 2. The van der Waals surface area contributed by atoms with Gasteiger partial charge in [-0.15, -0.1) is 0 Å². The van der Waals surface area contributed by atoms with Crippen molar-refractivity contribution in [1.82, 2.24) is 10.2 Å². The van der Waals surface area contributed by atoms with Crippen LogP contribution in [0, 0.1) is 0 Å². The molecule has 3 rings (SSSR count). The first kappa shape index (κ1) is 29.1. The summed E-state index contributed by atoms with van der Waals surface area (Å²) in [7, 11) is 3.17. The molecular weight excluding hydrogens is 500 g/mol. The minimum atomic E-state index is -0.690. The Morgan fingerprint density at radius 1 is 0.868 bits per heavy atom. The van der Waals surface area contributed by atoms with E-state index in [0.29, 0.717) is 29.4 Å². The van der Waals surface area contributed by atoms with E-state index in [4.69, 9.17) is 21.1 Å². The average Bonchev–Trinajstić information content (AvgIpc) is 2.89. The van der Waals surface area contributed by atoms with Gasteiger partial charge in [-0.3, -0.25) is 9.59 Å². The van der Waals surface area contributed by atoms with Crippen LogP contribution in [0.25, 0.3) is 0 Å². The first-order valence-electron chi connectivity index (χ1n) is 12.7. The maximum Gasteiger partial charge on any atom is 0.243 e. The van der Waals surface area contributed by atoms with E-state index in [1.54, 1.807) is 31.3 Å². The van der Waals surface area contributed by atoms with Gasteiger partial charge in [0.25, 0.3) is 0 Å². The maximum absolute atomic E-state index is 13.8. The topological polar surface area (TPSA) is 67.9 Å². The Morgan fingerprint density at radius 2 is 1.50 bits per heavy atom. The van der Waals surface area contributed by atoms with Crippen molar-refractivity contribution in [3.05, 3.63) is 94.5 Å². The van der Waals surface area contributed by atoms with Gasteiger partial charge in [0.2, 0.25) is 11.8 Å². The molecule has 0 aliphatic heterocycles. The van der Waals surface area contributed by atoms with E-state index >= 15 is 0 Å². The van der Waals surface area contributed by atoms with Crippen LogP contribution in [0.4, 0.5) is 0 Å². The van der Waals surface area contributed by atoms with Crippen molar-refractivity contribution in [3.8, 4) is 11.5 Å². The summed E-state index contributed by atoms with van der Waals surface area (Å²) >= 11 is 6.10. The van der Waals surface area contributed by atoms with Gasteiger partial charge in [-0.1, -0.05) is 60.1 Å². The number of nitrogens with zero attached hydrogens (tertiary/aromatic N) is 1. The molecule has 0 saturated carbocycles. The minimum Gasteiger partial charge on any atom is -0.493 e.